The van der Waals surface area contributed by atoms with Gasteiger partial charge < -0.3 is 14.5 Å². The van der Waals surface area contributed by atoms with Crippen LogP contribution in [0.1, 0.15) is 38.4 Å². The van der Waals surface area contributed by atoms with Crippen LogP contribution in [0.25, 0.3) is 11.5 Å². The van der Waals surface area contributed by atoms with E-state index in [2.05, 4.69) is 15.3 Å². The third kappa shape index (κ3) is 5.51. The largest absolute Gasteiger partial charge is 0.497 e. The number of methoxy groups -OCH3 is 1. The van der Waals surface area contributed by atoms with E-state index in [1.54, 1.807) is 49.7 Å². The highest BCUT2D eigenvalue weighted by molar-refractivity contribution is 6.08. The van der Waals surface area contributed by atoms with Gasteiger partial charge in [0.2, 0.25) is 5.89 Å². The van der Waals surface area contributed by atoms with Crippen molar-refractivity contribution in [2.45, 2.75) is 12.8 Å². The van der Waals surface area contributed by atoms with Crippen LogP contribution in [-0.2, 0) is 6.42 Å². The second-order valence-corrected chi connectivity index (χ2v) is 7.39. The Hall–Kier alpha value is -4.26. The minimum Gasteiger partial charge on any atom is -0.497 e. The van der Waals surface area contributed by atoms with Crippen molar-refractivity contribution in [3.8, 4) is 17.2 Å². The molecule has 2 aromatic carbocycles. The molecule has 0 fully saturated rings. The standard InChI is InChI=1S/C26H23N3O4/c1-32-22-12-6-18(7-13-22)4-2-15-28-25(31)23-17-33-26(29-23)20-10-8-19(9-11-20)24(30)21-5-3-14-27-16-21/h3,5-14,16-17H,2,4,15H2,1H3,(H,28,31). The van der Waals surface area contributed by atoms with Crippen molar-refractivity contribution < 1.29 is 18.7 Å². The minimum absolute atomic E-state index is 0.114. The van der Waals surface area contributed by atoms with E-state index in [0.717, 1.165) is 18.6 Å². The van der Waals surface area contributed by atoms with Gasteiger partial charge in [0.25, 0.3) is 5.91 Å². The van der Waals surface area contributed by atoms with Crippen LogP contribution in [0.15, 0.2) is 83.7 Å². The van der Waals surface area contributed by atoms with Crippen molar-refractivity contribution in [3.05, 3.63) is 102 Å². The van der Waals surface area contributed by atoms with Gasteiger partial charge in [0, 0.05) is 35.6 Å². The maximum absolute atomic E-state index is 12.5. The molecule has 0 bridgehead atoms. The number of hydrogen-bond donors (Lipinski definition) is 1. The molecule has 0 aliphatic carbocycles. The zero-order valence-corrected chi connectivity index (χ0v) is 18.2. The number of oxazole rings is 1. The summed E-state index contributed by atoms with van der Waals surface area (Å²) in [4.78, 5) is 33.1. The molecule has 2 heterocycles. The van der Waals surface area contributed by atoms with E-state index >= 15 is 0 Å². The van der Waals surface area contributed by atoms with Crippen molar-refractivity contribution in [1.82, 2.24) is 15.3 Å². The Morgan fingerprint density at radius 1 is 1.00 bits per heavy atom. The normalized spacial score (nSPS) is 10.6. The van der Waals surface area contributed by atoms with Gasteiger partial charge in [-0.25, -0.2) is 4.98 Å². The summed E-state index contributed by atoms with van der Waals surface area (Å²) in [6, 6.07) is 18.2. The van der Waals surface area contributed by atoms with Crippen molar-refractivity contribution in [2.24, 2.45) is 0 Å². The predicted octanol–water partition coefficient (Wildman–Crippen LogP) is 4.34. The predicted molar refractivity (Wildman–Crippen MR) is 123 cm³/mol. The van der Waals surface area contributed by atoms with Crippen LogP contribution >= 0.6 is 0 Å². The van der Waals surface area contributed by atoms with E-state index in [4.69, 9.17) is 9.15 Å². The maximum atomic E-state index is 12.5. The average molecular weight is 441 g/mol. The number of nitrogens with one attached hydrogen (secondary N) is 1. The SMILES string of the molecule is COc1ccc(CCCNC(=O)c2coc(-c3ccc(C(=O)c4cccnc4)cc3)n2)cc1. The Labute approximate surface area is 191 Å². The molecule has 0 saturated heterocycles. The first kappa shape index (κ1) is 22.0. The molecule has 1 amide bonds. The summed E-state index contributed by atoms with van der Waals surface area (Å²) < 4.78 is 10.6. The van der Waals surface area contributed by atoms with Crippen LogP contribution < -0.4 is 10.1 Å². The number of amides is 1. The molecular formula is C26H23N3O4. The molecule has 1 N–H and O–H groups in total. The van der Waals surface area contributed by atoms with Gasteiger partial charge in [0.05, 0.1) is 7.11 Å². The van der Waals surface area contributed by atoms with E-state index < -0.39 is 0 Å². The number of hydrogen-bond acceptors (Lipinski definition) is 6. The molecule has 0 unspecified atom stereocenters. The number of benzene rings is 2. The summed E-state index contributed by atoms with van der Waals surface area (Å²) in [6.07, 6.45) is 6.14. The summed E-state index contributed by atoms with van der Waals surface area (Å²) in [7, 11) is 1.64. The molecule has 0 spiro atoms. The highest BCUT2D eigenvalue weighted by Gasteiger charge is 2.14. The molecule has 0 aliphatic heterocycles. The van der Waals surface area contributed by atoms with Gasteiger partial charge in [-0.1, -0.05) is 24.3 Å². The number of ketones is 1. The number of rotatable bonds is 9. The van der Waals surface area contributed by atoms with Gasteiger partial charge in [-0.2, -0.15) is 0 Å². The average Bonchev–Trinajstić information content (AvgIpc) is 3.38. The minimum atomic E-state index is -0.289. The number of carbonyl (C=O) groups excluding carboxylic acids is 2. The van der Waals surface area contributed by atoms with Crippen LogP contribution in [0, 0.1) is 0 Å². The van der Waals surface area contributed by atoms with Crippen molar-refractivity contribution in [2.75, 3.05) is 13.7 Å². The Morgan fingerprint density at radius 2 is 1.79 bits per heavy atom. The fraction of sp³-hybridized carbons (Fsp3) is 0.154. The molecule has 4 rings (SSSR count). The number of pyridine rings is 1. The molecular weight excluding hydrogens is 418 g/mol. The first-order valence-corrected chi connectivity index (χ1v) is 10.6. The molecule has 166 valence electrons. The topological polar surface area (TPSA) is 94.3 Å². The number of nitrogens with zero attached hydrogens (tertiary/aromatic N) is 2. The lowest BCUT2D eigenvalue weighted by molar-refractivity contribution is 0.0947. The fourth-order valence-electron chi connectivity index (χ4n) is 3.32. The van der Waals surface area contributed by atoms with Crippen LogP contribution in [0.4, 0.5) is 0 Å². The Bertz CT molecular complexity index is 1220. The van der Waals surface area contributed by atoms with Crippen LogP contribution in [0.3, 0.4) is 0 Å². The van der Waals surface area contributed by atoms with E-state index in [9.17, 15) is 9.59 Å². The van der Waals surface area contributed by atoms with Gasteiger partial charge in [-0.3, -0.25) is 14.6 Å². The van der Waals surface area contributed by atoms with Crippen LogP contribution in [-0.4, -0.2) is 35.3 Å². The summed E-state index contributed by atoms with van der Waals surface area (Å²) in [5.74, 6) is 0.738. The molecule has 7 heteroatoms. The molecule has 33 heavy (non-hydrogen) atoms. The zero-order chi connectivity index (χ0) is 23.0. The van der Waals surface area contributed by atoms with Gasteiger partial charge >= 0.3 is 0 Å². The van der Waals surface area contributed by atoms with Gasteiger partial charge in [-0.05, 0) is 54.8 Å². The van der Waals surface area contributed by atoms with E-state index in [0.29, 0.717) is 29.1 Å². The highest BCUT2D eigenvalue weighted by Crippen LogP contribution is 2.20. The van der Waals surface area contributed by atoms with Crippen LogP contribution in [0.5, 0.6) is 5.75 Å². The molecule has 0 atom stereocenters. The van der Waals surface area contributed by atoms with Gasteiger partial charge in [-0.15, -0.1) is 0 Å². The molecule has 0 saturated carbocycles. The van der Waals surface area contributed by atoms with E-state index in [-0.39, 0.29) is 17.4 Å². The number of ether oxygens (including phenoxy) is 1. The fourth-order valence-corrected chi connectivity index (χ4v) is 3.32. The quantitative estimate of drug-likeness (QED) is 0.307. The smallest absolute Gasteiger partial charge is 0.273 e. The van der Waals surface area contributed by atoms with E-state index in [1.165, 1.54) is 18.0 Å². The lowest BCUT2D eigenvalue weighted by Gasteiger charge is -2.05. The van der Waals surface area contributed by atoms with Gasteiger partial charge in [0.15, 0.2) is 11.5 Å². The second kappa shape index (κ2) is 10.4. The first-order chi connectivity index (χ1) is 16.1. The molecule has 0 radical (unpaired) electrons. The summed E-state index contributed by atoms with van der Waals surface area (Å²) >= 11 is 0. The lowest BCUT2D eigenvalue weighted by Crippen LogP contribution is -2.25. The summed E-state index contributed by atoms with van der Waals surface area (Å²) in [6.45, 7) is 0.526. The summed E-state index contributed by atoms with van der Waals surface area (Å²) in [5.41, 5.74) is 3.13. The molecule has 4 aromatic rings. The van der Waals surface area contributed by atoms with Crippen molar-refractivity contribution >= 4 is 11.7 Å². The molecule has 2 aromatic heterocycles. The Balaban J connectivity index is 1.30. The summed E-state index contributed by atoms with van der Waals surface area (Å²) in [5, 5.41) is 2.86. The maximum Gasteiger partial charge on any atom is 0.273 e. The Kier molecular flexibility index (Phi) is 6.90. The highest BCUT2D eigenvalue weighted by atomic mass is 16.5. The monoisotopic (exact) mass is 441 g/mol. The van der Waals surface area contributed by atoms with Gasteiger partial charge in [0.1, 0.15) is 12.0 Å². The van der Waals surface area contributed by atoms with Crippen molar-refractivity contribution in [3.63, 3.8) is 0 Å². The molecule has 7 nitrogen and oxygen atoms in total. The second-order valence-electron chi connectivity index (χ2n) is 7.39. The van der Waals surface area contributed by atoms with Crippen LogP contribution in [0.2, 0.25) is 0 Å². The Morgan fingerprint density at radius 3 is 2.48 bits per heavy atom. The van der Waals surface area contributed by atoms with E-state index in [1.807, 2.05) is 24.3 Å². The third-order valence-electron chi connectivity index (χ3n) is 5.14. The third-order valence-corrected chi connectivity index (χ3v) is 5.14. The number of aryl methyl sites for hydroxylation is 1. The zero-order valence-electron chi connectivity index (χ0n) is 18.2. The first-order valence-electron chi connectivity index (χ1n) is 10.6. The number of aromatic nitrogens is 2. The lowest BCUT2D eigenvalue weighted by atomic mass is 10.0. The van der Waals surface area contributed by atoms with Crippen molar-refractivity contribution in [1.29, 1.82) is 0 Å². The number of carbonyl (C=O) groups is 2. The molecule has 0 aliphatic rings.